The van der Waals surface area contributed by atoms with Crippen molar-refractivity contribution in [3.05, 3.63) is 60.2 Å². The normalized spacial score (nSPS) is 9.24. The van der Waals surface area contributed by atoms with E-state index >= 15 is 0 Å². The maximum Gasteiger partial charge on any atom is 0.127 e. The Morgan fingerprint density at radius 2 is 1.53 bits per heavy atom. The Morgan fingerprint density at radius 3 is 2.18 bits per heavy atom. The van der Waals surface area contributed by atoms with Crippen molar-refractivity contribution in [3.8, 4) is 23.3 Å². The highest BCUT2D eigenvalue weighted by molar-refractivity contribution is 5.40. The molecule has 0 saturated carbocycles. The van der Waals surface area contributed by atoms with Crippen molar-refractivity contribution in [2.24, 2.45) is 5.73 Å². The molecule has 0 fully saturated rings. The minimum atomic E-state index is 0.377. The molecule has 0 heterocycles. The van der Waals surface area contributed by atoms with Crippen LogP contribution in [-0.4, -0.2) is 6.54 Å². The lowest BCUT2D eigenvalue weighted by atomic mass is 10.2. The monoisotopic (exact) mass is 223 g/mol. The zero-order valence-electron chi connectivity index (χ0n) is 9.39. The SMILES string of the molecule is NCC#Cc1ccc(Oc2ccccc2)cc1. The molecule has 2 aromatic rings. The molecule has 0 radical (unpaired) electrons. The molecule has 2 N–H and O–H groups in total. The Balaban J connectivity index is 2.08. The quantitative estimate of drug-likeness (QED) is 0.794. The lowest BCUT2D eigenvalue weighted by Gasteiger charge is -2.04. The van der Waals surface area contributed by atoms with Crippen LogP contribution in [0.25, 0.3) is 0 Å². The zero-order valence-corrected chi connectivity index (χ0v) is 9.39. The molecule has 0 unspecified atom stereocenters. The van der Waals surface area contributed by atoms with Gasteiger partial charge in [-0.05, 0) is 36.4 Å². The third kappa shape index (κ3) is 3.37. The van der Waals surface area contributed by atoms with Crippen molar-refractivity contribution in [3.63, 3.8) is 0 Å². The van der Waals surface area contributed by atoms with Crippen molar-refractivity contribution in [1.82, 2.24) is 0 Å². The number of ether oxygens (including phenoxy) is 1. The van der Waals surface area contributed by atoms with Gasteiger partial charge >= 0.3 is 0 Å². The van der Waals surface area contributed by atoms with Crippen molar-refractivity contribution < 1.29 is 4.74 Å². The number of para-hydroxylation sites is 1. The van der Waals surface area contributed by atoms with E-state index in [4.69, 9.17) is 10.5 Å². The molecule has 84 valence electrons. The van der Waals surface area contributed by atoms with Crippen LogP contribution in [-0.2, 0) is 0 Å². The number of hydrogen-bond donors (Lipinski definition) is 1. The van der Waals surface area contributed by atoms with Crippen LogP contribution in [0.5, 0.6) is 11.5 Å². The number of nitrogens with two attached hydrogens (primary N) is 1. The van der Waals surface area contributed by atoms with Gasteiger partial charge in [-0.3, -0.25) is 0 Å². The summed E-state index contributed by atoms with van der Waals surface area (Å²) >= 11 is 0. The largest absolute Gasteiger partial charge is 0.457 e. The Labute approximate surface area is 101 Å². The van der Waals surface area contributed by atoms with Crippen LogP contribution in [0.2, 0.25) is 0 Å². The van der Waals surface area contributed by atoms with Crippen LogP contribution >= 0.6 is 0 Å². The van der Waals surface area contributed by atoms with Gasteiger partial charge in [0.1, 0.15) is 11.5 Å². The molecule has 0 aliphatic carbocycles. The second kappa shape index (κ2) is 5.74. The highest BCUT2D eigenvalue weighted by atomic mass is 16.5. The van der Waals surface area contributed by atoms with E-state index in [1.165, 1.54) is 0 Å². The van der Waals surface area contributed by atoms with E-state index < -0.39 is 0 Å². The van der Waals surface area contributed by atoms with Crippen molar-refractivity contribution >= 4 is 0 Å². The van der Waals surface area contributed by atoms with Gasteiger partial charge in [-0.2, -0.15) is 0 Å². The Hall–Kier alpha value is -2.24. The minimum Gasteiger partial charge on any atom is -0.457 e. The maximum absolute atomic E-state index is 5.66. The second-order valence-electron chi connectivity index (χ2n) is 3.45. The lowest BCUT2D eigenvalue weighted by Crippen LogP contribution is -1.93. The highest BCUT2D eigenvalue weighted by Gasteiger charge is 1.95. The van der Waals surface area contributed by atoms with E-state index in [-0.39, 0.29) is 0 Å². The first-order valence-electron chi connectivity index (χ1n) is 5.40. The summed E-state index contributed by atoms with van der Waals surface area (Å²) in [6.07, 6.45) is 0. The molecule has 0 amide bonds. The lowest BCUT2D eigenvalue weighted by molar-refractivity contribution is 0.482. The molecule has 0 atom stereocenters. The average molecular weight is 223 g/mol. The summed E-state index contributed by atoms with van der Waals surface area (Å²) in [4.78, 5) is 0. The van der Waals surface area contributed by atoms with Gasteiger partial charge < -0.3 is 10.5 Å². The molecule has 0 aliphatic heterocycles. The minimum absolute atomic E-state index is 0.377. The van der Waals surface area contributed by atoms with Gasteiger partial charge in [-0.25, -0.2) is 0 Å². The van der Waals surface area contributed by atoms with E-state index in [0.29, 0.717) is 6.54 Å². The van der Waals surface area contributed by atoms with Crippen LogP contribution in [0.4, 0.5) is 0 Å². The maximum atomic E-state index is 5.66. The first kappa shape index (κ1) is 11.3. The van der Waals surface area contributed by atoms with Gasteiger partial charge in [0.15, 0.2) is 0 Å². The fourth-order valence-corrected chi connectivity index (χ4v) is 1.38. The number of rotatable bonds is 2. The molecule has 0 aromatic heterocycles. The predicted molar refractivity (Wildman–Crippen MR) is 68.9 cm³/mol. The van der Waals surface area contributed by atoms with Gasteiger partial charge in [0.2, 0.25) is 0 Å². The van der Waals surface area contributed by atoms with E-state index in [0.717, 1.165) is 17.1 Å². The molecular weight excluding hydrogens is 210 g/mol. The highest BCUT2D eigenvalue weighted by Crippen LogP contribution is 2.20. The van der Waals surface area contributed by atoms with Crippen LogP contribution in [0.3, 0.4) is 0 Å². The molecule has 2 rings (SSSR count). The summed E-state index contributed by atoms with van der Waals surface area (Å²) in [5.41, 5.74) is 6.25. The molecule has 2 nitrogen and oxygen atoms in total. The summed E-state index contributed by atoms with van der Waals surface area (Å²) in [6, 6.07) is 17.3. The van der Waals surface area contributed by atoms with Gasteiger partial charge in [-0.1, -0.05) is 30.0 Å². The number of benzene rings is 2. The summed E-state index contributed by atoms with van der Waals surface area (Å²) in [5.74, 6) is 7.40. The van der Waals surface area contributed by atoms with Gasteiger partial charge in [-0.15, -0.1) is 0 Å². The second-order valence-corrected chi connectivity index (χ2v) is 3.45. The molecule has 0 saturated heterocycles. The van der Waals surface area contributed by atoms with Crippen molar-refractivity contribution in [2.75, 3.05) is 6.54 Å². The van der Waals surface area contributed by atoms with Gasteiger partial charge in [0.05, 0.1) is 6.54 Å². The first-order chi connectivity index (χ1) is 8.38. The summed E-state index contributed by atoms with van der Waals surface area (Å²) in [5, 5.41) is 0. The van der Waals surface area contributed by atoms with E-state index in [9.17, 15) is 0 Å². The van der Waals surface area contributed by atoms with E-state index in [2.05, 4.69) is 11.8 Å². The van der Waals surface area contributed by atoms with Gasteiger partial charge in [0, 0.05) is 5.56 Å². The molecular formula is C15H13NO. The van der Waals surface area contributed by atoms with Crippen molar-refractivity contribution in [2.45, 2.75) is 0 Å². The smallest absolute Gasteiger partial charge is 0.127 e. The molecule has 2 heteroatoms. The van der Waals surface area contributed by atoms with E-state index in [1.54, 1.807) is 0 Å². The predicted octanol–water partition coefficient (Wildman–Crippen LogP) is 2.79. The molecule has 2 aromatic carbocycles. The molecule has 0 spiro atoms. The summed E-state index contributed by atoms with van der Waals surface area (Å²) in [7, 11) is 0. The molecule has 17 heavy (non-hydrogen) atoms. The summed E-state index contributed by atoms with van der Waals surface area (Å²) in [6.45, 7) is 0.377. The van der Waals surface area contributed by atoms with Crippen LogP contribution in [0.1, 0.15) is 5.56 Å². The van der Waals surface area contributed by atoms with Gasteiger partial charge in [0.25, 0.3) is 0 Å². The van der Waals surface area contributed by atoms with Crippen LogP contribution in [0, 0.1) is 11.8 Å². The third-order valence-electron chi connectivity index (χ3n) is 2.17. The zero-order chi connectivity index (χ0) is 11.9. The fourth-order valence-electron chi connectivity index (χ4n) is 1.38. The Bertz CT molecular complexity index is 520. The first-order valence-corrected chi connectivity index (χ1v) is 5.40. The van der Waals surface area contributed by atoms with Crippen molar-refractivity contribution in [1.29, 1.82) is 0 Å². The third-order valence-corrected chi connectivity index (χ3v) is 2.17. The Kier molecular flexibility index (Phi) is 3.80. The molecule has 0 aliphatic rings. The number of hydrogen-bond acceptors (Lipinski definition) is 2. The Morgan fingerprint density at radius 1 is 0.882 bits per heavy atom. The van der Waals surface area contributed by atoms with Crippen LogP contribution in [0.15, 0.2) is 54.6 Å². The molecule has 0 bridgehead atoms. The summed E-state index contributed by atoms with van der Waals surface area (Å²) < 4.78 is 5.66. The fraction of sp³-hybridized carbons (Fsp3) is 0.0667. The van der Waals surface area contributed by atoms with E-state index in [1.807, 2.05) is 54.6 Å². The topological polar surface area (TPSA) is 35.2 Å². The standard InChI is InChI=1S/C15H13NO/c16-12-4-5-13-8-10-15(11-9-13)17-14-6-2-1-3-7-14/h1-3,6-11H,12,16H2. The van der Waals surface area contributed by atoms with Crippen LogP contribution < -0.4 is 10.5 Å². The average Bonchev–Trinajstić information content (AvgIpc) is 2.39.